The van der Waals surface area contributed by atoms with Crippen LogP contribution in [0, 0.1) is 0 Å². The Labute approximate surface area is 87.7 Å². The van der Waals surface area contributed by atoms with Gasteiger partial charge in [0.2, 0.25) is 0 Å². The normalized spacial score (nSPS) is 15.6. The van der Waals surface area contributed by atoms with Gasteiger partial charge in [-0.2, -0.15) is 0 Å². The second-order valence-corrected chi connectivity index (χ2v) is 4.60. The summed E-state index contributed by atoms with van der Waals surface area (Å²) < 4.78 is 0.715. The molecule has 2 atom stereocenters. The molecule has 66 valence electrons. The van der Waals surface area contributed by atoms with Crippen LogP contribution >= 0.6 is 22.6 Å². The van der Waals surface area contributed by atoms with E-state index in [1.165, 1.54) is 12.0 Å². The summed E-state index contributed by atoms with van der Waals surface area (Å²) >= 11 is 2.51. The molecule has 0 aliphatic carbocycles. The smallest absolute Gasteiger partial charge is 0.0302 e. The first kappa shape index (κ1) is 9.96. The zero-order chi connectivity index (χ0) is 8.97. The van der Waals surface area contributed by atoms with Gasteiger partial charge in [0.15, 0.2) is 0 Å². The van der Waals surface area contributed by atoms with E-state index in [1.807, 2.05) is 18.5 Å². The number of nitrogens with zero attached hydrogens (tertiary/aromatic N) is 1. The Hall–Kier alpha value is -0.120. The summed E-state index contributed by atoms with van der Waals surface area (Å²) in [5.74, 6) is 0.615. The predicted octanol–water partition coefficient (Wildman–Crippen LogP) is 3.40. The third-order valence-corrected chi connectivity index (χ3v) is 4.10. The minimum atomic E-state index is 0.615. The van der Waals surface area contributed by atoms with Crippen molar-refractivity contribution in [2.24, 2.45) is 0 Å². The highest BCUT2D eigenvalue weighted by Crippen LogP contribution is 2.26. The van der Waals surface area contributed by atoms with Crippen molar-refractivity contribution in [1.29, 1.82) is 0 Å². The predicted molar refractivity (Wildman–Crippen MR) is 60.8 cm³/mol. The minimum Gasteiger partial charge on any atom is -0.264 e. The van der Waals surface area contributed by atoms with Crippen LogP contribution < -0.4 is 0 Å². The van der Waals surface area contributed by atoms with Gasteiger partial charge in [0.05, 0.1) is 0 Å². The maximum atomic E-state index is 4.12. The highest BCUT2D eigenvalue weighted by Gasteiger charge is 2.13. The van der Waals surface area contributed by atoms with Gasteiger partial charge < -0.3 is 0 Å². The van der Waals surface area contributed by atoms with Crippen molar-refractivity contribution in [2.45, 2.75) is 30.1 Å². The number of aromatic nitrogens is 1. The van der Waals surface area contributed by atoms with Gasteiger partial charge in [0, 0.05) is 16.3 Å². The molecule has 0 saturated carbocycles. The number of pyridine rings is 1. The highest BCUT2D eigenvalue weighted by atomic mass is 127. The molecule has 1 aromatic rings. The lowest BCUT2D eigenvalue weighted by Gasteiger charge is -2.16. The summed E-state index contributed by atoms with van der Waals surface area (Å²) in [6, 6.07) is 4.16. The first-order valence-electron chi connectivity index (χ1n) is 4.29. The number of rotatable bonds is 3. The van der Waals surface area contributed by atoms with E-state index in [2.05, 4.69) is 47.5 Å². The van der Waals surface area contributed by atoms with Crippen molar-refractivity contribution in [3.63, 3.8) is 0 Å². The fourth-order valence-corrected chi connectivity index (χ4v) is 1.62. The maximum absolute atomic E-state index is 4.12. The van der Waals surface area contributed by atoms with Crippen LogP contribution in [-0.2, 0) is 0 Å². The quantitative estimate of drug-likeness (QED) is 0.608. The monoisotopic (exact) mass is 275 g/mol. The summed E-state index contributed by atoms with van der Waals surface area (Å²) in [6.07, 6.45) is 5.01. The first-order valence-corrected chi connectivity index (χ1v) is 5.54. The van der Waals surface area contributed by atoms with Crippen molar-refractivity contribution >= 4 is 22.6 Å². The summed E-state index contributed by atoms with van der Waals surface area (Å²) in [5.41, 5.74) is 1.35. The van der Waals surface area contributed by atoms with Crippen LogP contribution in [0.3, 0.4) is 0 Å². The average molecular weight is 275 g/mol. The molecule has 0 aromatic carbocycles. The molecule has 1 nitrogen and oxygen atoms in total. The van der Waals surface area contributed by atoms with Gasteiger partial charge in [-0.1, -0.05) is 42.5 Å². The van der Waals surface area contributed by atoms with Crippen LogP contribution in [0.5, 0.6) is 0 Å². The molecular weight excluding hydrogens is 261 g/mol. The molecule has 2 heteroatoms. The fourth-order valence-electron chi connectivity index (χ4n) is 1.21. The lowest BCUT2D eigenvalue weighted by atomic mass is 9.98. The van der Waals surface area contributed by atoms with E-state index < -0.39 is 0 Å². The van der Waals surface area contributed by atoms with E-state index in [0.717, 1.165) is 0 Å². The Balaban J connectivity index is 2.71. The molecule has 0 N–H and O–H groups in total. The average Bonchev–Trinajstić information content (AvgIpc) is 2.17. The topological polar surface area (TPSA) is 12.9 Å². The zero-order valence-electron chi connectivity index (χ0n) is 7.50. The Morgan fingerprint density at radius 1 is 1.58 bits per heavy atom. The van der Waals surface area contributed by atoms with E-state index >= 15 is 0 Å². The molecule has 0 aliphatic rings. The summed E-state index contributed by atoms with van der Waals surface area (Å²) in [7, 11) is 0. The number of hydrogen-bond acceptors (Lipinski definition) is 1. The van der Waals surface area contributed by atoms with Crippen molar-refractivity contribution in [2.75, 3.05) is 0 Å². The third kappa shape index (κ3) is 2.44. The molecular formula is C10H14IN. The molecule has 0 aliphatic heterocycles. The first-order chi connectivity index (χ1) is 5.75. The van der Waals surface area contributed by atoms with E-state index in [9.17, 15) is 0 Å². The van der Waals surface area contributed by atoms with Gasteiger partial charge in [-0.3, -0.25) is 4.98 Å². The molecule has 0 saturated heterocycles. The molecule has 0 bridgehead atoms. The fraction of sp³-hybridized carbons (Fsp3) is 0.500. The van der Waals surface area contributed by atoms with Crippen molar-refractivity contribution < 1.29 is 0 Å². The lowest BCUT2D eigenvalue weighted by Crippen LogP contribution is -2.07. The van der Waals surface area contributed by atoms with Crippen LogP contribution in [0.2, 0.25) is 0 Å². The molecule has 0 radical (unpaired) electrons. The van der Waals surface area contributed by atoms with Crippen LogP contribution in [0.4, 0.5) is 0 Å². The Morgan fingerprint density at radius 2 is 2.33 bits per heavy atom. The van der Waals surface area contributed by atoms with E-state index in [0.29, 0.717) is 9.84 Å². The Morgan fingerprint density at radius 3 is 2.83 bits per heavy atom. The van der Waals surface area contributed by atoms with Gasteiger partial charge in [-0.25, -0.2) is 0 Å². The van der Waals surface area contributed by atoms with E-state index in [4.69, 9.17) is 0 Å². The van der Waals surface area contributed by atoms with Crippen molar-refractivity contribution in [3.05, 3.63) is 30.1 Å². The molecule has 1 heterocycles. The lowest BCUT2D eigenvalue weighted by molar-refractivity contribution is 0.703. The van der Waals surface area contributed by atoms with E-state index in [1.54, 1.807) is 0 Å². The minimum absolute atomic E-state index is 0.615. The van der Waals surface area contributed by atoms with E-state index in [-0.39, 0.29) is 0 Å². The van der Waals surface area contributed by atoms with Crippen LogP contribution in [0.25, 0.3) is 0 Å². The van der Waals surface area contributed by atoms with Gasteiger partial charge in [-0.05, 0) is 24.0 Å². The number of alkyl halides is 1. The molecule has 1 rings (SSSR count). The zero-order valence-corrected chi connectivity index (χ0v) is 9.65. The molecule has 2 unspecified atom stereocenters. The van der Waals surface area contributed by atoms with Crippen LogP contribution in [0.1, 0.15) is 31.7 Å². The van der Waals surface area contributed by atoms with Gasteiger partial charge in [-0.15, -0.1) is 0 Å². The van der Waals surface area contributed by atoms with Crippen LogP contribution in [-0.4, -0.2) is 8.91 Å². The summed E-state index contributed by atoms with van der Waals surface area (Å²) in [4.78, 5) is 4.12. The van der Waals surface area contributed by atoms with Gasteiger partial charge in [0.1, 0.15) is 0 Å². The summed E-state index contributed by atoms with van der Waals surface area (Å²) in [6.45, 7) is 4.49. The maximum Gasteiger partial charge on any atom is 0.0302 e. The third-order valence-electron chi connectivity index (χ3n) is 2.14. The summed E-state index contributed by atoms with van der Waals surface area (Å²) in [5, 5.41) is 0. The molecule has 12 heavy (non-hydrogen) atoms. The molecule has 0 fully saturated rings. The van der Waals surface area contributed by atoms with Crippen molar-refractivity contribution in [1.82, 2.24) is 4.98 Å². The Bertz CT molecular complexity index is 223. The number of halogens is 1. The Kier molecular flexibility index (Phi) is 3.98. The second-order valence-electron chi connectivity index (χ2n) is 3.00. The highest BCUT2D eigenvalue weighted by molar-refractivity contribution is 14.1. The molecule has 1 aromatic heterocycles. The largest absolute Gasteiger partial charge is 0.264 e. The number of hydrogen-bond donors (Lipinski definition) is 0. The molecule has 0 spiro atoms. The second kappa shape index (κ2) is 4.80. The van der Waals surface area contributed by atoms with Gasteiger partial charge >= 0.3 is 0 Å². The standard InChI is InChI=1S/C10H14IN/c1-3-10(11)8(2)9-5-4-6-12-7-9/h4-8,10H,3H2,1-2H3. The van der Waals surface area contributed by atoms with Gasteiger partial charge in [0.25, 0.3) is 0 Å². The van der Waals surface area contributed by atoms with Crippen LogP contribution in [0.15, 0.2) is 24.5 Å². The van der Waals surface area contributed by atoms with Crippen molar-refractivity contribution in [3.8, 4) is 0 Å². The SMILES string of the molecule is CCC(I)C(C)c1cccnc1. The molecule has 0 amide bonds.